The highest BCUT2D eigenvalue weighted by molar-refractivity contribution is 5.90. The molecule has 30 heavy (non-hydrogen) atoms. The van der Waals surface area contributed by atoms with Crippen LogP contribution in [0, 0.1) is 5.92 Å². The SMILES string of the molecule is CC(C)(C)OC(=O)N[C@H](Cc1ccccc1)C(=O)C[C@H](Cc1ccccc1)C(=O)O. The van der Waals surface area contributed by atoms with Gasteiger partial charge in [-0.25, -0.2) is 4.79 Å². The molecule has 2 N–H and O–H groups in total. The predicted octanol–water partition coefficient (Wildman–Crippen LogP) is 4.03. The van der Waals surface area contributed by atoms with E-state index >= 15 is 0 Å². The van der Waals surface area contributed by atoms with E-state index in [0.29, 0.717) is 0 Å². The third-order valence-electron chi connectivity index (χ3n) is 4.48. The van der Waals surface area contributed by atoms with Crippen LogP contribution in [0.1, 0.15) is 38.3 Å². The first-order valence-electron chi connectivity index (χ1n) is 9.97. The van der Waals surface area contributed by atoms with E-state index in [9.17, 15) is 19.5 Å². The summed E-state index contributed by atoms with van der Waals surface area (Å²) in [5, 5.41) is 12.3. The summed E-state index contributed by atoms with van der Waals surface area (Å²) in [7, 11) is 0. The Morgan fingerprint density at radius 2 is 1.40 bits per heavy atom. The molecule has 6 nitrogen and oxygen atoms in total. The van der Waals surface area contributed by atoms with Crippen LogP contribution in [0.5, 0.6) is 0 Å². The molecule has 0 spiro atoms. The second-order valence-corrected chi connectivity index (χ2v) is 8.28. The van der Waals surface area contributed by atoms with Crippen molar-refractivity contribution < 1.29 is 24.2 Å². The molecule has 0 bridgehead atoms. The van der Waals surface area contributed by atoms with E-state index in [0.717, 1.165) is 11.1 Å². The lowest BCUT2D eigenvalue weighted by atomic mass is 9.90. The molecule has 0 aromatic heterocycles. The van der Waals surface area contributed by atoms with Crippen molar-refractivity contribution in [1.82, 2.24) is 5.32 Å². The van der Waals surface area contributed by atoms with Gasteiger partial charge in [-0.05, 0) is 44.7 Å². The Bertz CT molecular complexity index is 843. The number of hydrogen-bond donors (Lipinski definition) is 2. The Kier molecular flexibility index (Phi) is 8.16. The Balaban J connectivity index is 2.14. The molecule has 6 heteroatoms. The van der Waals surface area contributed by atoms with Crippen molar-refractivity contribution >= 4 is 17.8 Å². The highest BCUT2D eigenvalue weighted by Gasteiger charge is 2.29. The van der Waals surface area contributed by atoms with Crippen LogP contribution in [0.2, 0.25) is 0 Å². The summed E-state index contributed by atoms with van der Waals surface area (Å²) in [6, 6.07) is 17.6. The molecule has 2 rings (SSSR count). The van der Waals surface area contributed by atoms with Crippen molar-refractivity contribution in [3.63, 3.8) is 0 Å². The van der Waals surface area contributed by atoms with Crippen LogP contribution < -0.4 is 5.32 Å². The molecule has 2 aromatic carbocycles. The number of Topliss-reactive ketones (excluding diaryl/α,β-unsaturated/α-hetero) is 1. The summed E-state index contributed by atoms with van der Waals surface area (Å²) < 4.78 is 5.29. The van der Waals surface area contributed by atoms with Gasteiger partial charge in [-0.2, -0.15) is 0 Å². The molecule has 0 saturated carbocycles. The molecule has 0 saturated heterocycles. The summed E-state index contributed by atoms with van der Waals surface area (Å²) in [4.78, 5) is 37.1. The molecule has 0 heterocycles. The van der Waals surface area contributed by atoms with Gasteiger partial charge in [0, 0.05) is 6.42 Å². The maximum Gasteiger partial charge on any atom is 0.408 e. The minimum absolute atomic E-state index is 0.183. The van der Waals surface area contributed by atoms with E-state index < -0.39 is 29.6 Å². The quantitative estimate of drug-likeness (QED) is 0.650. The fourth-order valence-electron chi connectivity index (χ4n) is 3.08. The monoisotopic (exact) mass is 411 g/mol. The average molecular weight is 411 g/mol. The summed E-state index contributed by atoms with van der Waals surface area (Å²) in [6.45, 7) is 5.21. The van der Waals surface area contributed by atoms with Crippen LogP contribution in [-0.4, -0.2) is 34.6 Å². The fraction of sp³-hybridized carbons (Fsp3) is 0.375. The lowest BCUT2D eigenvalue weighted by Crippen LogP contribution is -2.45. The number of carbonyl (C=O) groups is 3. The van der Waals surface area contributed by atoms with Crippen molar-refractivity contribution in [2.24, 2.45) is 5.92 Å². The van der Waals surface area contributed by atoms with E-state index in [-0.39, 0.29) is 25.0 Å². The van der Waals surface area contributed by atoms with Crippen molar-refractivity contribution in [1.29, 1.82) is 0 Å². The van der Waals surface area contributed by atoms with Crippen LogP contribution in [0.4, 0.5) is 4.79 Å². The van der Waals surface area contributed by atoms with Gasteiger partial charge in [0.25, 0.3) is 0 Å². The first kappa shape index (κ1) is 23.1. The smallest absolute Gasteiger partial charge is 0.408 e. The highest BCUT2D eigenvalue weighted by atomic mass is 16.6. The van der Waals surface area contributed by atoms with Gasteiger partial charge in [0.05, 0.1) is 12.0 Å². The Morgan fingerprint density at radius 3 is 1.87 bits per heavy atom. The van der Waals surface area contributed by atoms with Crippen molar-refractivity contribution in [3.8, 4) is 0 Å². The van der Waals surface area contributed by atoms with E-state index in [1.54, 1.807) is 20.8 Å². The number of carboxylic acid groups (broad SMARTS) is 1. The summed E-state index contributed by atoms with van der Waals surface area (Å²) in [6.07, 6.45) is -0.382. The van der Waals surface area contributed by atoms with E-state index in [4.69, 9.17) is 4.74 Å². The number of rotatable bonds is 9. The molecule has 0 unspecified atom stereocenters. The summed E-state index contributed by atoms with van der Waals surface area (Å²) in [5.74, 6) is -2.26. The maximum atomic E-state index is 13.0. The van der Waals surface area contributed by atoms with E-state index in [1.165, 1.54) is 0 Å². The normalized spacial score (nSPS) is 13.2. The largest absolute Gasteiger partial charge is 0.481 e. The van der Waals surface area contributed by atoms with Crippen LogP contribution in [0.3, 0.4) is 0 Å². The number of carboxylic acids is 1. The lowest BCUT2D eigenvalue weighted by molar-refractivity contribution is -0.143. The average Bonchev–Trinajstić information content (AvgIpc) is 2.67. The van der Waals surface area contributed by atoms with Crippen LogP contribution in [0.15, 0.2) is 60.7 Å². The molecule has 160 valence electrons. The number of benzene rings is 2. The van der Waals surface area contributed by atoms with E-state index in [1.807, 2.05) is 60.7 Å². The number of aliphatic carboxylic acids is 1. The number of nitrogens with one attached hydrogen (secondary N) is 1. The molecular weight excluding hydrogens is 382 g/mol. The van der Waals surface area contributed by atoms with Crippen molar-refractivity contribution in [3.05, 3.63) is 71.8 Å². The molecule has 0 aliphatic carbocycles. The standard InChI is InChI=1S/C24H29NO5/c1-24(2,3)30-23(29)25-20(15-18-12-8-5-9-13-18)21(26)16-19(22(27)28)14-17-10-6-4-7-11-17/h4-13,19-20H,14-16H2,1-3H3,(H,25,29)(H,27,28)/t19-,20+/m0/s1. The summed E-state index contributed by atoms with van der Waals surface area (Å²) in [5.41, 5.74) is 1.00. The van der Waals surface area contributed by atoms with Gasteiger partial charge in [0.1, 0.15) is 5.60 Å². The lowest BCUT2D eigenvalue weighted by Gasteiger charge is -2.24. The Hall–Kier alpha value is -3.15. The van der Waals surface area contributed by atoms with Gasteiger partial charge >= 0.3 is 12.1 Å². The third-order valence-corrected chi connectivity index (χ3v) is 4.48. The highest BCUT2D eigenvalue weighted by Crippen LogP contribution is 2.16. The van der Waals surface area contributed by atoms with Crippen LogP contribution in [-0.2, 0) is 27.2 Å². The number of ether oxygens (including phenoxy) is 1. The molecule has 1 amide bonds. The summed E-state index contributed by atoms with van der Waals surface area (Å²) >= 11 is 0. The molecule has 0 fully saturated rings. The van der Waals surface area contributed by atoms with E-state index in [2.05, 4.69) is 5.32 Å². The third kappa shape index (κ3) is 8.07. The predicted molar refractivity (Wildman–Crippen MR) is 114 cm³/mol. The first-order valence-corrected chi connectivity index (χ1v) is 9.97. The van der Waals surface area contributed by atoms with Gasteiger partial charge < -0.3 is 15.2 Å². The van der Waals surface area contributed by atoms with Gasteiger partial charge in [-0.1, -0.05) is 60.7 Å². The number of amides is 1. The van der Waals surface area contributed by atoms with Crippen LogP contribution >= 0.6 is 0 Å². The molecule has 0 radical (unpaired) electrons. The zero-order chi connectivity index (χ0) is 22.1. The van der Waals surface area contributed by atoms with Gasteiger partial charge in [0.15, 0.2) is 5.78 Å². The van der Waals surface area contributed by atoms with Crippen LogP contribution in [0.25, 0.3) is 0 Å². The van der Waals surface area contributed by atoms with Gasteiger partial charge in [0.2, 0.25) is 0 Å². The fourth-order valence-corrected chi connectivity index (χ4v) is 3.08. The first-order chi connectivity index (χ1) is 14.1. The second-order valence-electron chi connectivity index (χ2n) is 8.28. The number of alkyl carbamates (subject to hydrolysis) is 1. The Morgan fingerprint density at radius 1 is 0.900 bits per heavy atom. The van der Waals surface area contributed by atoms with Gasteiger partial charge in [-0.15, -0.1) is 0 Å². The van der Waals surface area contributed by atoms with Crippen molar-refractivity contribution in [2.45, 2.75) is 51.7 Å². The number of ketones is 1. The molecule has 2 aromatic rings. The second kappa shape index (κ2) is 10.6. The molecule has 0 aliphatic heterocycles. The number of hydrogen-bond acceptors (Lipinski definition) is 4. The minimum atomic E-state index is -1.04. The molecule has 2 atom stereocenters. The Labute approximate surface area is 177 Å². The maximum absolute atomic E-state index is 13.0. The zero-order valence-electron chi connectivity index (χ0n) is 17.6. The number of carbonyl (C=O) groups excluding carboxylic acids is 2. The zero-order valence-corrected chi connectivity index (χ0v) is 17.6. The molecular formula is C24H29NO5. The minimum Gasteiger partial charge on any atom is -0.481 e. The molecule has 0 aliphatic rings. The van der Waals surface area contributed by atoms with Crippen molar-refractivity contribution in [2.75, 3.05) is 0 Å². The van der Waals surface area contributed by atoms with Gasteiger partial charge in [-0.3, -0.25) is 9.59 Å². The topological polar surface area (TPSA) is 92.7 Å².